The molecule has 3 aromatic carbocycles. The van der Waals surface area contributed by atoms with Gasteiger partial charge in [0.1, 0.15) is 18.1 Å². The van der Waals surface area contributed by atoms with Crippen molar-refractivity contribution in [1.29, 1.82) is 0 Å². The minimum atomic E-state index is -0.201. The molecule has 0 aliphatic heterocycles. The molecule has 0 saturated heterocycles. The van der Waals surface area contributed by atoms with Crippen molar-refractivity contribution in [2.45, 2.75) is 45.6 Å². The van der Waals surface area contributed by atoms with Crippen molar-refractivity contribution in [3.8, 4) is 11.5 Å². The van der Waals surface area contributed by atoms with E-state index >= 15 is 0 Å². The molecule has 0 heterocycles. The zero-order valence-electron chi connectivity index (χ0n) is 18.2. The third-order valence-electron chi connectivity index (χ3n) is 5.00. The molecule has 4 heteroatoms. The third-order valence-corrected chi connectivity index (χ3v) is 5.00. The Labute approximate surface area is 185 Å². The summed E-state index contributed by atoms with van der Waals surface area (Å²) < 4.78 is 11.7. The fourth-order valence-electron chi connectivity index (χ4n) is 3.24. The highest BCUT2D eigenvalue weighted by Crippen LogP contribution is 2.22. The molecule has 0 aromatic heterocycles. The molecule has 0 saturated carbocycles. The van der Waals surface area contributed by atoms with Gasteiger partial charge in [-0.05, 0) is 48.4 Å². The van der Waals surface area contributed by atoms with Crippen molar-refractivity contribution in [3.05, 3.63) is 90.0 Å². The van der Waals surface area contributed by atoms with Crippen LogP contribution in [0.15, 0.2) is 78.9 Å². The molecule has 3 aromatic rings. The Balaban J connectivity index is 1.52. The number of benzene rings is 3. The van der Waals surface area contributed by atoms with E-state index in [0.29, 0.717) is 17.9 Å². The standard InChI is InChI=1S/C27H31NO3/c1-2-3-4-5-11-20-30-24-18-16-23(17-19-24)28-27(29)25-14-9-10-15-26(25)31-21-22-12-7-6-8-13-22/h6-10,12-19H,2-5,11,20-21H2,1H3,(H,28,29). The largest absolute Gasteiger partial charge is 0.494 e. The van der Waals surface area contributed by atoms with Gasteiger partial charge in [-0.15, -0.1) is 0 Å². The van der Waals surface area contributed by atoms with Crippen LogP contribution in [0, 0.1) is 0 Å². The molecule has 0 spiro atoms. The fourth-order valence-corrected chi connectivity index (χ4v) is 3.24. The lowest BCUT2D eigenvalue weighted by Crippen LogP contribution is -2.13. The summed E-state index contributed by atoms with van der Waals surface area (Å²) in [6.07, 6.45) is 6.07. The van der Waals surface area contributed by atoms with E-state index < -0.39 is 0 Å². The van der Waals surface area contributed by atoms with Gasteiger partial charge in [0.05, 0.1) is 12.2 Å². The van der Waals surface area contributed by atoms with Crippen LogP contribution in [0.2, 0.25) is 0 Å². The van der Waals surface area contributed by atoms with Crippen LogP contribution in [0.1, 0.15) is 54.9 Å². The number of ether oxygens (including phenoxy) is 2. The summed E-state index contributed by atoms with van der Waals surface area (Å²) >= 11 is 0. The van der Waals surface area contributed by atoms with Crippen LogP contribution in [-0.4, -0.2) is 12.5 Å². The number of nitrogens with one attached hydrogen (secondary N) is 1. The van der Waals surface area contributed by atoms with Crippen molar-refractivity contribution >= 4 is 11.6 Å². The summed E-state index contributed by atoms with van der Waals surface area (Å²) in [5, 5.41) is 2.94. The second kappa shape index (κ2) is 12.4. The number of hydrogen-bond acceptors (Lipinski definition) is 3. The average Bonchev–Trinajstić information content (AvgIpc) is 2.82. The Kier molecular flexibility index (Phi) is 8.99. The highest BCUT2D eigenvalue weighted by atomic mass is 16.5. The summed E-state index contributed by atoms with van der Waals surface area (Å²) in [6.45, 7) is 3.35. The van der Waals surface area contributed by atoms with E-state index in [4.69, 9.17) is 9.47 Å². The quantitative estimate of drug-likeness (QED) is 0.327. The average molecular weight is 418 g/mol. The Hall–Kier alpha value is -3.27. The number of para-hydroxylation sites is 1. The summed E-state index contributed by atoms with van der Waals surface area (Å²) in [5.74, 6) is 1.18. The topological polar surface area (TPSA) is 47.6 Å². The van der Waals surface area contributed by atoms with Crippen LogP contribution in [0.4, 0.5) is 5.69 Å². The molecule has 0 fully saturated rings. The highest BCUT2D eigenvalue weighted by molar-refractivity contribution is 6.06. The number of rotatable bonds is 12. The molecule has 0 radical (unpaired) electrons. The minimum Gasteiger partial charge on any atom is -0.494 e. The lowest BCUT2D eigenvalue weighted by atomic mass is 10.1. The summed E-state index contributed by atoms with van der Waals surface area (Å²) in [4.78, 5) is 12.8. The van der Waals surface area contributed by atoms with Gasteiger partial charge in [0.15, 0.2) is 0 Å². The molecular formula is C27H31NO3. The molecule has 4 nitrogen and oxygen atoms in total. The van der Waals surface area contributed by atoms with Gasteiger partial charge in [-0.25, -0.2) is 0 Å². The Morgan fingerprint density at radius 1 is 0.774 bits per heavy atom. The number of anilines is 1. The zero-order valence-corrected chi connectivity index (χ0v) is 18.2. The van der Waals surface area contributed by atoms with Crippen molar-refractivity contribution in [3.63, 3.8) is 0 Å². The van der Waals surface area contributed by atoms with Crippen molar-refractivity contribution in [2.24, 2.45) is 0 Å². The third kappa shape index (κ3) is 7.49. The minimum absolute atomic E-state index is 0.201. The lowest BCUT2D eigenvalue weighted by Gasteiger charge is -2.12. The molecule has 0 bridgehead atoms. The van der Waals surface area contributed by atoms with Gasteiger partial charge in [0, 0.05) is 5.69 Å². The van der Waals surface area contributed by atoms with Crippen molar-refractivity contribution in [2.75, 3.05) is 11.9 Å². The first-order chi connectivity index (χ1) is 15.3. The normalized spacial score (nSPS) is 10.5. The molecule has 0 aliphatic carbocycles. The summed E-state index contributed by atoms with van der Waals surface area (Å²) in [6, 6.07) is 24.7. The molecule has 1 N–H and O–H groups in total. The Morgan fingerprint density at radius 3 is 2.26 bits per heavy atom. The van der Waals surface area contributed by atoms with E-state index in [9.17, 15) is 4.79 Å². The monoisotopic (exact) mass is 417 g/mol. The van der Waals surface area contributed by atoms with E-state index in [1.807, 2.05) is 72.8 Å². The molecule has 0 aliphatic rings. The second-order valence-corrected chi connectivity index (χ2v) is 7.51. The second-order valence-electron chi connectivity index (χ2n) is 7.51. The first-order valence-corrected chi connectivity index (χ1v) is 11.1. The number of hydrogen-bond donors (Lipinski definition) is 1. The first-order valence-electron chi connectivity index (χ1n) is 11.1. The first kappa shape index (κ1) is 22.4. The lowest BCUT2D eigenvalue weighted by molar-refractivity contribution is 0.102. The number of carbonyl (C=O) groups excluding carboxylic acids is 1. The van der Waals surface area contributed by atoms with Crippen molar-refractivity contribution < 1.29 is 14.3 Å². The van der Waals surface area contributed by atoms with E-state index in [1.165, 1.54) is 25.7 Å². The van der Waals surface area contributed by atoms with Gasteiger partial charge in [0.25, 0.3) is 5.91 Å². The van der Waals surface area contributed by atoms with Gasteiger partial charge in [-0.3, -0.25) is 4.79 Å². The van der Waals surface area contributed by atoms with Gasteiger partial charge in [-0.2, -0.15) is 0 Å². The zero-order chi connectivity index (χ0) is 21.7. The predicted molar refractivity (Wildman–Crippen MR) is 126 cm³/mol. The molecule has 162 valence electrons. The van der Waals surface area contributed by atoms with Crippen LogP contribution in [0.5, 0.6) is 11.5 Å². The molecule has 0 unspecified atom stereocenters. The maximum Gasteiger partial charge on any atom is 0.259 e. The van der Waals surface area contributed by atoms with E-state index in [0.717, 1.165) is 30.0 Å². The molecule has 3 rings (SSSR count). The number of carbonyl (C=O) groups is 1. The molecular weight excluding hydrogens is 386 g/mol. The molecule has 31 heavy (non-hydrogen) atoms. The van der Waals surface area contributed by atoms with Crippen LogP contribution >= 0.6 is 0 Å². The Morgan fingerprint density at radius 2 is 1.48 bits per heavy atom. The predicted octanol–water partition coefficient (Wildman–Crippen LogP) is 6.87. The number of unbranched alkanes of at least 4 members (excludes halogenated alkanes) is 4. The van der Waals surface area contributed by atoms with Gasteiger partial charge in [0.2, 0.25) is 0 Å². The fraction of sp³-hybridized carbons (Fsp3) is 0.296. The van der Waals surface area contributed by atoms with E-state index in [-0.39, 0.29) is 5.91 Å². The van der Waals surface area contributed by atoms with Gasteiger partial charge in [-0.1, -0.05) is 75.1 Å². The van der Waals surface area contributed by atoms with Crippen LogP contribution in [0.25, 0.3) is 0 Å². The van der Waals surface area contributed by atoms with Gasteiger partial charge >= 0.3 is 0 Å². The van der Waals surface area contributed by atoms with E-state index in [1.54, 1.807) is 6.07 Å². The number of amides is 1. The smallest absolute Gasteiger partial charge is 0.259 e. The van der Waals surface area contributed by atoms with Crippen LogP contribution < -0.4 is 14.8 Å². The van der Waals surface area contributed by atoms with E-state index in [2.05, 4.69) is 12.2 Å². The molecule has 0 atom stereocenters. The summed E-state index contributed by atoms with van der Waals surface area (Å²) in [7, 11) is 0. The maximum atomic E-state index is 12.8. The van der Waals surface area contributed by atoms with Gasteiger partial charge < -0.3 is 14.8 Å². The SMILES string of the molecule is CCCCCCCOc1ccc(NC(=O)c2ccccc2OCc2ccccc2)cc1. The maximum absolute atomic E-state index is 12.8. The summed E-state index contributed by atoms with van der Waals surface area (Å²) in [5.41, 5.74) is 2.28. The van der Waals surface area contributed by atoms with Crippen LogP contribution in [0.3, 0.4) is 0 Å². The highest BCUT2D eigenvalue weighted by Gasteiger charge is 2.12. The van der Waals surface area contributed by atoms with Crippen molar-refractivity contribution in [1.82, 2.24) is 0 Å². The molecule has 1 amide bonds. The van der Waals surface area contributed by atoms with Crippen LogP contribution in [-0.2, 0) is 6.61 Å². The Bertz CT molecular complexity index is 923.